The predicted octanol–water partition coefficient (Wildman–Crippen LogP) is 2.94. The SMILES string of the molecule is O=C(CN1C(=O)C(=Cc2cccc(Cl)c2)SC1=S)NCCCn1ccnc1. The van der Waals surface area contributed by atoms with Gasteiger partial charge in [0, 0.05) is 30.5 Å². The van der Waals surface area contributed by atoms with Gasteiger partial charge in [-0.3, -0.25) is 14.5 Å². The van der Waals surface area contributed by atoms with Gasteiger partial charge >= 0.3 is 0 Å². The van der Waals surface area contributed by atoms with Crippen molar-refractivity contribution in [2.75, 3.05) is 13.1 Å². The molecular formula is C18H17ClN4O2S2. The summed E-state index contributed by atoms with van der Waals surface area (Å²) in [5, 5.41) is 3.40. The Balaban J connectivity index is 1.51. The molecule has 0 bridgehead atoms. The molecule has 2 aromatic rings. The van der Waals surface area contributed by atoms with Crippen LogP contribution in [0, 0.1) is 0 Å². The summed E-state index contributed by atoms with van der Waals surface area (Å²) in [5.41, 5.74) is 0.812. The van der Waals surface area contributed by atoms with Crippen LogP contribution in [-0.4, -0.2) is 43.7 Å². The first-order valence-electron chi connectivity index (χ1n) is 8.26. The molecule has 1 aliphatic rings. The van der Waals surface area contributed by atoms with Gasteiger partial charge < -0.3 is 9.88 Å². The highest BCUT2D eigenvalue weighted by Crippen LogP contribution is 2.32. The number of aryl methyl sites for hydroxylation is 1. The van der Waals surface area contributed by atoms with E-state index in [0.717, 1.165) is 18.5 Å². The highest BCUT2D eigenvalue weighted by Gasteiger charge is 2.33. The monoisotopic (exact) mass is 420 g/mol. The molecule has 9 heteroatoms. The van der Waals surface area contributed by atoms with Gasteiger partial charge in [-0.1, -0.05) is 47.7 Å². The fourth-order valence-electron chi connectivity index (χ4n) is 2.49. The molecule has 27 heavy (non-hydrogen) atoms. The van der Waals surface area contributed by atoms with Gasteiger partial charge in [0.15, 0.2) is 0 Å². The second-order valence-electron chi connectivity index (χ2n) is 5.83. The minimum atomic E-state index is -0.265. The van der Waals surface area contributed by atoms with Gasteiger partial charge in [-0.25, -0.2) is 4.98 Å². The first kappa shape index (κ1) is 19.6. The number of benzene rings is 1. The van der Waals surface area contributed by atoms with Crippen LogP contribution in [0.5, 0.6) is 0 Å². The van der Waals surface area contributed by atoms with E-state index in [4.69, 9.17) is 23.8 Å². The summed E-state index contributed by atoms with van der Waals surface area (Å²) in [4.78, 5) is 30.5. The van der Waals surface area contributed by atoms with Crippen LogP contribution in [0.2, 0.25) is 5.02 Å². The van der Waals surface area contributed by atoms with Crippen molar-refractivity contribution in [2.45, 2.75) is 13.0 Å². The number of nitrogens with one attached hydrogen (secondary N) is 1. The standard InChI is InChI=1S/C18H17ClN4O2S2/c19-14-4-1-3-13(9-14)10-15-17(25)23(18(26)27-15)11-16(24)21-5-2-7-22-8-6-20-12-22/h1,3-4,6,8-10,12H,2,5,7,11H2,(H,21,24). The van der Waals surface area contributed by atoms with Crippen molar-refractivity contribution >= 4 is 57.8 Å². The molecule has 0 spiro atoms. The number of imidazole rings is 1. The van der Waals surface area contributed by atoms with E-state index in [1.807, 2.05) is 22.9 Å². The van der Waals surface area contributed by atoms with Crippen molar-refractivity contribution in [1.82, 2.24) is 19.8 Å². The number of amides is 2. The Labute approximate surface area is 171 Å². The van der Waals surface area contributed by atoms with E-state index in [9.17, 15) is 9.59 Å². The largest absolute Gasteiger partial charge is 0.354 e. The maximum atomic E-state index is 12.6. The van der Waals surface area contributed by atoms with Gasteiger partial charge in [0.1, 0.15) is 10.9 Å². The minimum absolute atomic E-state index is 0.0807. The average Bonchev–Trinajstić information content (AvgIpc) is 3.23. The maximum absolute atomic E-state index is 12.6. The molecular weight excluding hydrogens is 404 g/mol. The summed E-state index contributed by atoms with van der Waals surface area (Å²) in [6.07, 6.45) is 7.82. The highest BCUT2D eigenvalue weighted by molar-refractivity contribution is 8.26. The average molecular weight is 421 g/mol. The Morgan fingerprint density at radius 1 is 1.41 bits per heavy atom. The van der Waals surface area contributed by atoms with Crippen LogP contribution < -0.4 is 5.32 Å². The lowest BCUT2D eigenvalue weighted by Gasteiger charge is -2.14. The van der Waals surface area contributed by atoms with E-state index in [2.05, 4.69) is 10.3 Å². The van der Waals surface area contributed by atoms with E-state index in [0.29, 0.717) is 20.8 Å². The minimum Gasteiger partial charge on any atom is -0.354 e. The van der Waals surface area contributed by atoms with Gasteiger partial charge in [-0.05, 0) is 30.2 Å². The van der Waals surface area contributed by atoms with Gasteiger partial charge in [0.2, 0.25) is 5.91 Å². The van der Waals surface area contributed by atoms with Crippen LogP contribution >= 0.6 is 35.6 Å². The lowest BCUT2D eigenvalue weighted by Crippen LogP contribution is -2.39. The van der Waals surface area contributed by atoms with Crippen LogP contribution in [0.1, 0.15) is 12.0 Å². The first-order chi connectivity index (χ1) is 13.0. The van der Waals surface area contributed by atoms with Crippen LogP contribution in [0.15, 0.2) is 47.9 Å². The fraction of sp³-hybridized carbons (Fsp3) is 0.222. The molecule has 2 amide bonds. The van der Waals surface area contributed by atoms with E-state index >= 15 is 0 Å². The van der Waals surface area contributed by atoms with E-state index < -0.39 is 0 Å². The van der Waals surface area contributed by atoms with E-state index in [1.165, 1.54) is 16.7 Å². The number of rotatable bonds is 7. The van der Waals surface area contributed by atoms with Gasteiger partial charge in [-0.15, -0.1) is 0 Å². The number of carbonyl (C=O) groups is 2. The van der Waals surface area contributed by atoms with Crippen LogP contribution in [0.25, 0.3) is 6.08 Å². The molecule has 140 valence electrons. The molecule has 1 fully saturated rings. The van der Waals surface area contributed by atoms with Crippen molar-refractivity contribution in [2.24, 2.45) is 0 Å². The quantitative estimate of drug-likeness (QED) is 0.423. The number of hydrogen-bond donors (Lipinski definition) is 1. The number of nitrogens with zero attached hydrogens (tertiary/aromatic N) is 3. The van der Waals surface area contributed by atoms with Crippen LogP contribution in [0.4, 0.5) is 0 Å². The van der Waals surface area contributed by atoms with Crippen molar-refractivity contribution in [1.29, 1.82) is 0 Å². The molecule has 1 N–H and O–H groups in total. The Morgan fingerprint density at radius 3 is 3.00 bits per heavy atom. The second kappa shape index (κ2) is 9.16. The number of halogens is 1. The molecule has 1 aliphatic heterocycles. The Hall–Kier alpha value is -2.16. The lowest BCUT2D eigenvalue weighted by molar-refractivity contribution is -0.128. The summed E-state index contributed by atoms with van der Waals surface area (Å²) < 4.78 is 2.32. The molecule has 0 saturated carbocycles. The lowest BCUT2D eigenvalue weighted by atomic mass is 10.2. The maximum Gasteiger partial charge on any atom is 0.266 e. The molecule has 0 radical (unpaired) electrons. The summed E-state index contributed by atoms with van der Waals surface area (Å²) in [5.74, 6) is -0.500. The zero-order valence-corrected chi connectivity index (χ0v) is 16.7. The predicted molar refractivity (Wildman–Crippen MR) is 111 cm³/mol. The first-order valence-corrected chi connectivity index (χ1v) is 9.86. The highest BCUT2D eigenvalue weighted by atomic mass is 35.5. The molecule has 0 aliphatic carbocycles. The van der Waals surface area contributed by atoms with E-state index in [1.54, 1.807) is 30.7 Å². The number of thiocarbonyl (C=S) groups is 1. The van der Waals surface area contributed by atoms with Crippen molar-refractivity contribution in [3.8, 4) is 0 Å². The molecule has 0 atom stereocenters. The molecule has 0 unspecified atom stereocenters. The zero-order chi connectivity index (χ0) is 19.2. The number of hydrogen-bond acceptors (Lipinski definition) is 5. The molecule has 1 aromatic heterocycles. The molecule has 3 rings (SSSR count). The van der Waals surface area contributed by atoms with Crippen molar-refractivity contribution in [3.63, 3.8) is 0 Å². The smallest absolute Gasteiger partial charge is 0.266 e. The van der Waals surface area contributed by atoms with Crippen molar-refractivity contribution < 1.29 is 9.59 Å². The number of aromatic nitrogens is 2. The zero-order valence-electron chi connectivity index (χ0n) is 14.3. The molecule has 2 heterocycles. The topological polar surface area (TPSA) is 67.2 Å². The van der Waals surface area contributed by atoms with Gasteiger partial charge in [0.25, 0.3) is 5.91 Å². The third kappa shape index (κ3) is 5.41. The summed E-state index contributed by atoms with van der Waals surface area (Å²) >= 11 is 12.4. The van der Waals surface area contributed by atoms with Crippen LogP contribution in [-0.2, 0) is 16.1 Å². The molecule has 1 saturated heterocycles. The van der Waals surface area contributed by atoms with Gasteiger partial charge in [-0.2, -0.15) is 0 Å². The summed E-state index contributed by atoms with van der Waals surface area (Å²) in [6.45, 7) is 1.20. The molecule has 6 nitrogen and oxygen atoms in total. The Morgan fingerprint density at radius 2 is 2.26 bits per heavy atom. The normalized spacial score (nSPS) is 15.6. The Bertz CT molecular complexity index is 883. The number of carbonyl (C=O) groups excluding carboxylic acids is 2. The fourth-order valence-corrected chi connectivity index (χ4v) is 3.95. The second-order valence-corrected chi connectivity index (χ2v) is 7.94. The third-order valence-corrected chi connectivity index (χ3v) is 5.41. The van der Waals surface area contributed by atoms with E-state index in [-0.39, 0.29) is 18.4 Å². The molecule has 1 aromatic carbocycles. The number of thioether (sulfide) groups is 1. The van der Waals surface area contributed by atoms with Crippen molar-refractivity contribution in [3.05, 3.63) is 58.5 Å². The van der Waals surface area contributed by atoms with Gasteiger partial charge in [0.05, 0.1) is 11.2 Å². The Kier molecular flexibility index (Phi) is 6.65. The van der Waals surface area contributed by atoms with Crippen LogP contribution in [0.3, 0.4) is 0 Å². The summed E-state index contributed by atoms with van der Waals surface area (Å²) in [7, 11) is 0. The third-order valence-electron chi connectivity index (χ3n) is 3.80. The summed E-state index contributed by atoms with van der Waals surface area (Å²) in [6, 6.07) is 7.19.